The Morgan fingerprint density at radius 3 is 2.13 bits per heavy atom. The van der Waals surface area contributed by atoms with E-state index in [4.69, 9.17) is 0 Å². The molecule has 2 aromatic rings. The predicted molar refractivity (Wildman–Crippen MR) is 91.6 cm³/mol. The molecule has 0 saturated heterocycles. The first-order valence-electron chi connectivity index (χ1n) is 7.93. The highest BCUT2D eigenvalue weighted by atomic mass is 16.3. The molecule has 1 heterocycles. The van der Waals surface area contributed by atoms with Gasteiger partial charge in [0.2, 0.25) is 0 Å². The lowest BCUT2D eigenvalue weighted by Crippen LogP contribution is -2.38. The second-order valence-electron chi connectivity index (χ2n) is 6.23. The molecule has 3 heteroatoms. The number of aliphatic hydroxyl groups excluding tert-OH is 1. The fourth-order valence-corrected chi connectivity index (χ4v) is 3.18. The van der Waals surface area contributed by atoms with Gasteiger partial charge in [0.15, 0.2) is 0 Å². The fourth-order valence-electron chi connectivity index (χ4n) is 3.18. The molecule has 0 bridgehead atoms. The zero-order valence-electron chi connectivity index (χ0n) is 13.4. The lowest BCUT2D eigenvalue weighted by atomic mass is 9.99. The van der Waals surface area contributed by atoms with Gasteiger partial charge in [0.1, 0.15) is 5.76 Å². The minimum Gasteiger partial charge on any atom is -0.509 e. The lowest BCUT2D eigenvalue weighted by Gasteiger charge is -2.28. The van der Waals surface area contributed by atoms with Gasteiger partial charge in [-0.1, -0.05) is 74.5 Å². The van der Waals surface area contributed by atoms with Crippen molar-refractivity contribution in [2.45, 2.75) is 26.4 Å². The van der Waals surface area contributed by atoms with Crippen molar-refractivity contribution in [1.29, 1.82) is 0 Å². The van der Waals surface area contributed by atoms with Gasteiger partial charge in [-0.25, -0.2) is 0 Å². The second-order valence-corrected chi connectivity index (χ2v) is 6.23. The summed E-state index contributed by atoms with van der Waals surface area (Å²) in [7, 11) is 0. The number of nitrogens with zero attached hydrogens (tertiary/aromatic N) is 1. The molecule has 0 spiro atoms. The van der Waals surface area contributed by atoms with Crippen LogP contribution in [0.15, 0.2) is 66.4 Å². The highest BCUT2D eigenvalue weighted by Gasteiger charge is 2.41. The summed E-state index contributed by atoms with van der Waals surface area (Å²) in [6.07, 6.45) is 0. The Bertz CT molecular complexity index is 720. The monoisotopic (exact) mass is 307 g/mol. The van der Waals surface area contributed by atoms with Crippen molar-refractivity contribution < 1.29 is 9.90 Å². The van der Waals surface area contributed by atoms with E-state index in [-0.39, 0.29) is 23.6 Å². The van der Waals surface area contributed by atoms with E-state index in [1.165, 1.54) is 0 Å². The van der Waals surface area contributed by atoms with Crippen molar-refractivity contribution in [3.63, 3.8) is 0 Å². The molecular formula is C20H21NO2. The van der Waals surface area contributed by atoms with Gasteiger partial charge in [0.25, 0.3) is 5.91 Å². The molecular weight excluding hydrogens is 286 g/mol. The Kier molecular flexibility index (Phi) is 4.20. The van der Waals surface area contributed by atoms with Crippen LogP contribution in [-0.4, -0.2) is 22.0 Å². The standard InChI is InChI=1S/C20H21NO2/c1-14(2)18-19(22)17(16-11-7-4-8-12-16)20(23)21(18)13-15-9-5-3-6-10-15/h3-12,14,18,22H,13H2,1-2H3/t18-/m0/s1. The fraction of sp³-hybridized carbons (Fsp3) is 0.250. The number of hydrogen-bond acceptors (Lipinski definition) is 2. The van der Waals surface area contributed by atoms with Crippen LogP contribution >= 0.6 is 0 Å². The van der Waals surface area contributed by atoms with Crippen molar-refractivity contribution in [2.75, 3.05) is 0 Å². The molecule has 1 aliphatic heterocycles. The Morgan fingerprint density at radius 2 is 1.57 bits per heavy atom. The molecule has 23 heavy (non-hydrogen) atoms. The van der Waals surface area contributed by atoms with Crippen LogP contribution in [0.25, 0.3) is 5.57 Å². The average molecular weight is 307 g/mol. The molecule has 0 aliphatic carbocycles. The van der Waals surface area contributed by atoms with Crippen LogP contribution in [-0.2, 0) is 11.3 Å². The minimum atomic E-state index is -0.280. The van der Waals surface area contributed by atoms with Gasteiger partial charge in [0, 0.05) is 6.54 Å². The smallest absolute Gasteiger partial charge is 0.258 e. The van der Waals surface area contributed by atoms with E-state index in [1.54, 1.807) is 4.90 Å². The number of rotatable bonds is 4. The van der Waals surface area contributed by atoms with E-state index < -0.39 is 0 Å². The number of amides is 1. The zero-order valence-corrected chi connectivity index (χ0v) is 13.4. The highest BCUT2D eigenvalue weighted by molar-refractivity contribution is 6.22. The highest BCUT2D eigenvalue weighted by Crippen LogP contribution is 2.35. The number of aliphatic hydroxyl groups is 1. The maximum absolute atomic E-state index is 12.9. The predicted octanol–water partition coefficient (Wildman–Crippen LogP) is 4.02. The number of benzene rings is 2. The van der Waals surface area contributed by atoms with Gasteiger partial charge in [-0.3, -0.25) is 4.79 Å². The van der Waals surface area contributed by atoms with E-state index in [2.05, 4.69) is 0 Å². The molecule has 1 N–H and O–H groups in total. The zero-order chi connectivity index (χ0) is 16.4. The molecule has 1 amide bonds. The molecule has 0 radical (unpaired) electrons. The Balaban J connectivity index is 1.98. The molecule has 1 aliphatic rings. The van der Waals surface area contributed by atoms with Crippen LogP contribution in [0.5, 0.6) is 0 Å². The normalized spacial score (nSPS) is 18.1. The first-order chi connectivity index (χ1) is 11.1. The van der Waals surface area contributed by atoms with Gasteiger partial charge in [-0.2, -0.15) is 0 Å². The summed E-state index contributed by atoms with van der Waals surface area (Å²) in [5, 5.41) is 10.7. The SMILES string of the molecule is CC(C)[C@H]1C(O)=C(c2ccccc2)C(=O)N1Cc1ccccc1. The topological polar surface area (TPSA) is 40.5 Å². The van der Waals surface area contributed by atoms with Crippen molar-refractivity contribution in [2.24, 2.45) is 5.92 Å². The van der Waals surface area contributed by atoms with Crippen LogP contribution < -0.4 is 0 Å². The third-order valence-corrected chi connectivity index (χ3v) is 4.24. The van der Waals surface area contributed by atoms with Crippen LogP contribution in [0.4, 0.5) is 0 Å². The van der Waals surface area contributed by atoms with E-state index in [9.17, 15) is 9.90 Å². The number of carbonyl (C=O) groups excluding carboxylic acids is 1. The van der Waals surface area contributed by atoms with Gasteiger partial charge in [0.05, 0.1) is 11.6 Å². The van der Waals surface area contributed by atoms with Crippen molar-refractivity contribution >= 4 is 11.5 Å². The Labute approximate surface area is 136 Å². The van der Waals surface area contributed by atoms with Gasteiger partial charge in [-0.05, 0) is 17.0 Å². The van der Waals surface area contributed by atoms with E-state index in [0.717, 1.165) is 11.1 Å². The lowest BCUT2D eigenvalue weighted by molar-refractivity contribution is -0.126. The first kappa shape index (κ1) is 15.3. The van der Waals surface area contributed by atoms with Crippen LogP contribution in [0.2, 0.25) is 0 Å². The third kappa shape index (κ3) is 2.87. The summed E-state index contributed by atoms with van der Waals surface area (Å²) < 4.78 is 0. The molecule has 1 atom stereocenters. The Morgan fingerprint density at radius 1 is 1.00 bits per heavy atom. The van der Waals surface area contributed by atoms with Gasteiger partial charge in [-0.15, -0.1) is 0 Å². The van der Waals surface area contributed by atoms with Gasteiger partial charge >= 0.3 is 0 Å². The van der Waals surface area contributed by atoms with Gasteiger partial charge < -0.3 is 10.0 Å². The third-order valence-electron chi connectivity index (χ3n) is 4.24. The summed E-state index contributed by atoms with van der Waals surface area (Å²) in [5.74, 6) is 0.229. The van der Waals surface area contributed by atoms with Crippen LogP contribution in [0.3, 0.4) is 0 Å². The van der Waals surface area contributed by atoms with E-state index in [1.807, 2.05) is 74.5 Å². The molecule has 0 unspecified atom stereocenters. The maximum atomic E-state index is 12.9. The minimum absolute atomic E-state index is 0.101. The summed E-state index contributed by atoms with van der Waals surface area (Å²) in [6, 6.07) is 19.0. The summed E-state index contributed by atoms with van der Waals surface area (Å²) >= 11 is 0. The number of hydrogen-bond donors (Lipinski definition) is 1. The van der Waals surface area contributed by atoms with Crippen molar-refractivity contribution in [1.82, 2.24) is 4.90 Å². The Hall–Kier alpha value is -2.55. The summed E-state index contributed by atoms with van der Waals surface area (Å²) in [5.41, 5.74) is 2.27. The summed E-state index contributed by atoms with van der Waals surface area (Å²) in [6.45, 7) is 4.56. The maximum Gasteiger partial charge on any atom is 0.258 e. The molecule has 3 rings (SSSR count). The molecule has 118 valence electrons. The van der Waals surface area contributed by atoms with Crippen LogP contribution in [0, 0.1) is 5.92 Å². The first-order valence-corrected chi connectivity index (χ1v) is 7.93. The van der Waals surface area contributed by atoms with Crippen molar-refractivity contribution in [3.05, 3.63) is 77.5 Å². The van der Waals surface area contributed by atoms with Crippen LogP contribution in [0.1, 0.15) is 25.0 Å². The molecule has 0 aromatic heterocycles. The van der Waals surface area contributed by atoms with E-state index >= 15 is 0 Å². The number of carbonyl (C=O) groups is 1. The molecule has 3 nitrogen and oxygen atoms in total. The average Bonchev–Trinajstić information content (AvgIpc) is 2.80. The quantitative estimate of drug-likeness (QED) is 0.926. The van der Waals surface area contributed by atoms with Crippen molar-refractivity contribution in [3.8, 4) is 0 Å². The largest absolute Gasteiger partial charge is 0.509 e. The molecule has 0 fully saturated rings. The van der Waals surface area contributed by atoms with E-state index in [0.29, 0.717) is 12.1 Å². The molecule has 2 aromatic carbocycles. The molecule has 0 saturated carbocycles. The second kappa shape index (κ2) is 6.29. The summed E-state index contributed by atoms with van der Waals surface area (Å²) in [4.78, 5) is 14.7.